The first kappa shape index (κ1) is 29.0. The van der Waals surface area contributed by atoms with Crippen LogP contribution in [0.2, 0.25) is 18.1 Å². The minimum atomic E-state index is -1.75. The van der Waals surface area contributed by atoms with Gasteiger partial charge in [-0.25, -0.2) is 9.97 Å². The second kappa shape index (κ2) is 11.2. The summed E-state index contributed by atoms with van der Waals surface area (Å²) in [5.74, 6) is 2.56. The Morgan fingerprint density at radius 3 is 1.87 bits per heavy atom. The molecule has 4 aromatic rings. The molecule has 4 rings (SSSR count). The summed E-state index contributed by atoms with van der Waals surface area (Å²) in [6.07, 6.45) is 1.80. The number of aromatic nitrogens is 2. The highest BCUT2D eigenvalue weighted by molar-refractivity contribution is 7.32. The van der Waals surface area contributed by atoms with Gasteiger partial charge in [0.1, 0.15) is 14.4 Å². The predicted molar refractivity (Wildman–Crippen MR) is 173 cm³/mol. The van der Waals surface area contributed by atoms with Gasteiger partial charge in [-0.05, 0) is 94.1 Å². The lowest BCUT2D eigenvalue weighted by Gasteiger charge is -2.36. The van der Waals surface area contributed by atoms with Gasteiger partial charge in [0, 0.05) is 5.56 Å². The van der Waals surface area contributed by atoms with Crippen molar-refractivity contribution in [3.63, 3.8) is 0 Å². The van der Waals surface area contributed by atoms with E-state index in [0.29, 0.717) is 23.7 Å². The molecule has 0 radical (unpaired) electrons. The molecular formula is C34H48N2SSi. The number of hydrogen-bond acceptors (Lipinski definition) is 3. The van der Waals surface area contributed by atoms with Crippen LogP contribution < -0.4 is 4.50 Å². The third-order valence-corrected chi connectivity index (χ3v) is 16.9. The average molecular weight is 545 g/mol. The van der Waals surface area contributed by atoms with Crippen LogP contribution in [0.3, 0.4) is 0 Å². The fourth-order valence-electron chi connectivity index (χ4n) is 6.88. The Balaban J connectivity index is 2.00. The van der Waals surface area contributed by atoms with E-state index in [1.807, 2.05) is 11.3 Å². The molecule has 2 aromatic carbocycles. The summed E-state index contributed by atoms with van der Waals surface area (Å²) in [5, 5.41) is 2.69. The summed E-state index contributed by atoms with van der Waals surface area (Å²) in [6, 6.07) is 13.6. The Morgan fingerprint density at radius 2 is 1.32 bits per heavy atom. The second-order valence-electron chi connectivity index (χ2n) is 13.4. The number of benzene rings is 2. The van der Waals surface area contributed by atoms with E-state index in [1.54, 1.807) is 10.8 Å². The number of rotatable bonds is 9. The Bertz CT molecular complexity index is 1420. The molecule has 0 aliphatic carbocycles. The number of nitrogens with zero attached hydrogens (tertiary/aromatic N) is 2. The Labute approximate surface area is 236 Å². The zero-order valence-corrected chi connectivity index (χ0v) is 27.4. The molecule has 0 spiro atoms. The maximum Gasteiger partial charge on any atom is 0.116 e. The van der Waals surface area contributed by atoms with E-state index in [0.717, 1.165) is 5.69 Å². The summed E-state index contributed by atoms with van der Waals surface area (Å²) in [5.41, 5.74) is 9.05. The molecule has 2 heterocycles. The topological polar surface area (TPSA) is 25.8 Å². The van der Waals surface area contributed by atoms with Crippen LogP contribution in [0.15, 0.2) is 30.6 Å². The molecule has 0 bridgehead atoms. The van der Waals surface area contributed by atoms with Crippen LogP contribution in [0.1, 0.15) is 83.6 Å². The zero-order chi connectivity index (χ0) is 27.9. The van der Waals surface area contributed by atoms with E-state index in [1.165, 1.54) is 66.9 Å². The van der Waals surface area contributed by atoms with E-state index in [2.05, 4.69) is 100 Å². The van der Waals surface area contributed by atoms with Crippen molar-refractivity contribution in [2.45, 2.75) is 100 Å². The van der Waals surface area contributed by atoms with Crippen molar-refractivity contribution in [2.24, 2.45) is 17.8 Å². The summed E-state index contributed by atoms with van der Waals surface area (Å²) >= 11 is 2.04. The Hall–Kier alpha value is -2.04. The molecule has 4 heteroatoms. The van der Waals surface area contributed by atoms with Gasteiger partial charge in [-0.1, -0.05) is 85.7 Å². The second-order valence-corrected chi connectivity index (χ2v) is 19.1. The van der Waals surface area contributed by atoms with Crippen molar-refractivity contribution in [3.8, 4) is 11.3 Å². The van der Waals surface area contributed by atoms with Crippen LogP contribution in [0.5, 0.6) is 0 Å². The molecule has 0 aliphatic heterocycles. The maximum atomic E-state index is 4.96. The van der Waals surface area contributed by atoms with Crippen LogP contribution in [-0.4, -0.2) is 18.0 Å². The average Bonchev–Trinajstić information content (AvgIpc) is 3.15. The molecule has 38 heavy (non-hydrogen) atoms. The lowest BCUT2D eigenvalue weighted by molar-refractivity contribution is 0.650. The highest BCUT2D eigenvalue weighted by atomic mass is 32.1. The Kier molecular flexibility index (Phi) is 8.54. The largest absolute Gasteiger partial charge is 0.235 e. The summed E-state index contributed by atoms with van der Waals surface area (Å²) in [6.45, 7) is 25.9. The quantitative estimate of drug-likeness (QED) is 0.196. The zero-order valence-electron chi connectivity index (χ0n) is 25.6. The minimum Gasteiger partial charge on any atom is -0.235 e. The van der Waals surface area contributed by atoms with Crippen molar-refractivity contribution in [1.29, 1.82) is 0 Å². The van der Waals surface area contributed by atoms with Crippen molar-refractivity contribution in [2.75, 3.05) is 0 Å². The maximum absolute atomic E-state index is 4.96. The SMILES string of the molecule is Cc1cc2cc(-c3ncnc4c(C)c([Si](CC(C)C)(CC(C)C)CC(C)C)sc34)cc(C(C)C)c2cc1C. The Morgan fingerprint density at radius 1 is 0.737 bits per heavy atom. The van der Waals surface area contributed by atoms with Crippen molar-refractivity contribution >= 4 is 44.9 Å². The minimum absolute atomic E-state index is 0.445. The lowest BCUT2D eigenvalue weighted by atomic mass is 9.90. The van der Waals surface area contributed by atoms with Gasteiger partial charge in [-0.2, -0.15) is 0 Å². The molecule has 0 aliphatic rings. The number of aryl methyl sites for hydroxylation is 3. The van der Waals surface area contributed by atoms with Crippen LogP contribution in [0.4, 0.5) is 0 Å². The third kappa shape index (κ3) is 5.63. The molecule has 0 N–H and O–H groups in total. The first-order chi connectivity index (χ1) is 17.8. The molecular weight excluding hydrogens is 497 g/mol. The number of fused-ring (bicyclic) bond motifs is 2. The van der Waals surface area contributed by atoms with Gasteiger partial charge in [0.15, 0.2) is 0 Å². The van der Waals surface area contributed by atoms with Gasteiger partial charge in [0.2, 0.25) is 0 Å². The van der Waals surface area contributed by atoms with E-state index in [4.69, 9.17) is 9.97 Å². The standard InChI is InChI=1S/C34H48N2SSi/c1-20(2)16-38(17-21(3)4,18-22(5)6)34-26(11)31-33(37-34)32(36-19-35-31)28-14-27-12-24(9)25(10)13-30(27)29(15-28)23(7)8/h12-15,19-23H,16-18H2,1-11H3. The molecule has 204 valence electrons. The molecule has 0 atom stereocenters. The van der Waals surface area contributed by atoms with Crippen LogP contribution >= 0.6 is 11.3 Å². The molecule has 2 nitrogen and oxygen atoms in total. The predicted octanol–water partition coefficient (Wildman–Crippen LogP) is 10.2. The van der Waals surface area contributed by atoms with Crippen molar-refractivity contribution in [3.05, 3.63) is 52.8 Å². The van der Waals surface area contributed by atoms with Gasteiger partial charge >= 0.3 is 0 Å². The molecule has 0 amide bonds. The first-order valence-electron chi connectivity index (χ1n) is 14.6. The first-order valence-corrected chi connectivity index (χ1v) is 18.1. The van der Waals surface area contributed by atoms with Crippen molar-refractivity contribution in [1.82, 2.24) is 9.97 Å². The van der Waals surface area contributed by atoms with Crippen LogP contribution in [0.25, 0.3) is 32.2 Å². The molecule has 0 fully saturated rings. The smallest absolute Gasteiger partial charge is 0.116 e. The van der Waals surface area contributed by atoms with E-state index in [9.17, 15) is 0 Å². The highest BCUT2D eigenvalue weighted by Gasteiger charge is 2.40. The highest BCUT2D eigenvalue weighted by Crippen LogP contribution is 2.40. The number of thiophene rings is 1. The monoisotopic (exact) mass is 544 g/mol. The van der Waals surface area contributed by atoms with Gasteiger partial charge in [0.25, 0.3) is 0 Å². The van der Waals surface area contributed by atoms with Crippen LogP contribution in [0, 0.1) is 38.5 Å². The van der Waals surface area contributed by atoms with Gasteiger partial charge in [-0.3, -0.25) is 0 Å². The summed E-state index contributed by atoms with van der Waals surface area (Å²) in [7, 11) is -1.75. The normalized spacial score (nSPS) is 12.8. The van der Waals surface area contributed by atoms with E-state index < -0.39 is 8.07 Å². The molecule has 0 saturated heterocycles. The molecule has 0 unspecified atom stereocenters. The third-order valence-electron chi connectivity index (χ3n) is 8.08. The van der Waals surface area contributed by atoms with Gasteiger partial charge in [-0.15, -0.1) is 11.3 Å². The van der Waals surface area contributed by atoms with Crippen molar-refractivity contribution < 1.29 is 0 Å². The summed E-state index contributed by atoms with van der Waals surface area (Å²) < 4.78 is 2.97. The van der Waals surface area contributed by atoms with E-state index in [-0.39, 0.29) is 0 Å². The number of hydrogen-bond donors (Lipinski definition) is 0. The lowest BCUT2D eigenvalue weighted by Crippen LogP contribution is -2.50. The summed E-state index contributed by atoms with van der Waals surface area (Å²) in [4.78, 5) is 9.86. The molecule has 0 saturated carbocycles. The molecule has 2 aromatic heterocycles. The fourth-order valence-corrected chi connectivity index (χ4v) is 16.5. The fraction of sp³-hybridized carbons (Fsp3) is 0.529. The van der Waals surface area contributed by atoms with E-state index >= 15 is 0 Å². The van der Waals surface area contributed by atoms with Gasteiger partial charge in [0.05, 0.1) is 15.9 Å². The van der Waals surface area contributed by atoms with Crippen LogP contribution in [-0.2, 0) is 0 Å². The van der Waals surface area contributed by atoms with Gasteiger partial charge < -0.3 is 0 Å².